The minimum Gasteiger partial charge on any atom is -0.486 e. The second-order valence-electron chi connectivity index (χ2n) is 4.61. The average Bonchev–Trinajstić information content (AvgIpc) is 2.43. The van der Waals surface area contributed by atoms with Crippen molar-refractivity contribution < 1.29 is 17.9 Å². The van der Waals surface area contributed by atoms with Crippen LogP contribution in [0.25, 0.3) is 0 Å². The molecule has 0 amide bonds. The number of rotatable bonds is 4. The Kier molecular flexibility index (Phi) is 4.16. The van der Waals surface area contributed by atoms with Gasteiger partial charge in [0, 0.05) is 12.1 Å². The van der Waals surface area contributed by atoms with E-state index < -0.39 is 10.0 Å². The maximum atomic E-state index is 12.5. The molecule has 0 spiro atoms. The van der Waals surface area contributed by atoms with E-state index in [0.29, 0.717) is 24.7 Å². The molecule has 1 aliphatic rings. The summed E-state index contributed by atoms with van der Waals surface area (Å²) in [5.74, 6) is 0.949. The average molecular weight is 296 g/mol. The molecule has 0 aliphatic carbocycles. The quantitative estimate of drug-likeness (QED) is 0.784. The van der Waals surface area contributed by atoms with Crippen molar-refractivity contribution in [2.75, 3.05) is 19.8 Å². The summed E-state index contributed by atoms with van der Waals surface area (Å²) in [5.41, 5.74) is 0. The Balaban J connectivity index is 2.41. The summed E-state index contributed by atoms with van der Waals surface area (Å²) in [4.78, 5) is 0.103. The molecule has 0 unspecified atom stereocenters. The fourth-order valence-electron chi connectivity index (χ4n) is 1.93. The molecule has 0 bridgehead atoms. The zero-order valence-corrected chi connectivity index (χ0v) is 12.2. The van der Waals surface area contributed by atoms with Crippen LogP contribution in [-0.4, -0.2) is 38.5 Å². The SMILES string of the molecule is CC(C)N(CC#N)S(=O)(=O)c1ccc2c(c1)OCCO2. The molecule has 2 rings (SSSR count). The molecule has 108 valence electrons. The Hall–Kier alpha value is -1.78. The maximum Gasteiger partial charge on any atom is 0.244 e. The molecule has 6 nitrogen and oxygen atoms in total. The van der Waals surface area contributed by atoms with Gasteiger partial charge in [-0.25, -0.2) is 8.42 Å². The molecule has 1 aromatic carbocycles. The monoisotopic (exact) mass is 296 g/mol. The highest BCUT2D eigenvalue weighted by atomic mass is 32.2. The van der Waals surface area contributed by atoms with Gasteiger partial charge in [-0.15, -0.1) is 0 Å². The molecule has 20 heavy (non-hydrogen) atoms. The fraction of sp³-hybridized carbons (Fsp3) is 0.462. The third-order valence-electron chi connectivity index (χ3n) is 2.92. The van der Waals surface area contributed by atoms with Gasteiger partial charge in [0.1, 0.15) is 19.8 Å². The van der Waals surface area contributed by atoms with Crippen LogP contribution in [0.15, 0.2) is 23.1 Å². The number of benzene rings is 1. The van der Waals surface area contributed by atoms with E-state index in [1.807, 2.05) is 6.07 Å². The van der Waals surface area contributed by atoms with E-state index in [9.17, 15) is 8.42 Å². The molecular formula is C13H16N2O4S. The van der Waals surface area contributed by atoms with Gasteiger partial charge in [-0.3, -0.25) is 0 Å². The van der Waals surface area contributed by atoms with Crippen molar-refractivity contribution in [3.05, 3.63) is 18.2 Å². The predicted molar refractivity (Wildman–Crippen MR) is 72.1 cm³/mol. The van der Waals surface area contributed by atoms with Crippen LogP contribution in [0.1, 0.15) is 13.8 Å². The lowest BCUT2D eigenvalue weighted by atomic mass is 10.3. The van der Waals surface area contributed by atoms with Gasteiger partial charge in [0.2, 0.25) is 10.0 Å². The van der Waals surface area contributed by atoms with Gasteiger partial charge in [0.15, 0.2) is 11.5 Å². The van der Waals surface area contributed by atoms with Crippen LogP contribution in [0, 0.1) is 11.3 Å². The third kappa shape index (κ3) is 2.71. The van der Waals surface area contributed by atoms with E-state index in [1.54, 1.807) is 19.9 Å². The van der Waals surface area contributed by atoms with Crippen molar-refractivity contribution in [3.63, 3.8) is 0 Å². The van der Waals surface area contributed by atoms with Gasteiger partial charge >= 0.3 is 0 Å². The topological polar surface area (TPSA) is 79.6 Å². The molecular weight excluding hydrogens is 280 g/mol. The predicted octanol–water partition coefficient (Wildman–Crippen LogP) is 1.38. The summed E-state index contributed by atoms with van der Waals surface area (Å²) in [6, 6.07) is 6.06. The summed E-state index contributed by atoms with van der Waals surface area (Å²) >= 11 is 0. The highest BCUT2D eigenvalue weighted by Crippen LogP contribution is 2.33. The second kappa shape index (κ2) is 5.69. The van der Waals surface area contributed by atoms with Gasteiger partial charge in [0.05, 0.1) is 11.0 Å². The molecule has 0 fully saturated rings. The number of nitriles is 1. The Labute approximate surface area is 118 Å². The molecule has 0 aromatic heterocycles. The highest BCUT2D eigenvalue weighted by Gasteiger charge is 2.28. The van der Waals surface area contributed by atoms with E-state index in [0.717, 1.165) is 4.31 Å². The number of nitrogens with zero attached hydrogens (tertiary/aromatic N) is 2. The normalized spacial score (nSPS) is 14.3. The maximum absolute atomic E-state index is 12.5. The second-order valence-corrected chi connectivity index (χ2v) is 6.50. The lowest BCUT2D eigenvalue weighted by molar-refractivity contribution is 0.171. The van der Waals surface area contributed by atoms with Crippen molar-refractivity contribution >= 4 is 10.0 Å². The molecule has 1 aliphatic heterocycles. The first-order chi connectivity index (χ1) is 9.46. The van der Waals surface area contributed by atoms with Crippen LogP contribution in [0.2, 0.25) is 0 Å². The van der Waals surface area contributed by atoms with Gasteiger partial charge in [-0.1, -0.05) is 0 Å². The number of hydrogen-bond acceptors (Lipinski definition) is 5. The van der Waals surface area contributed by atoms with E-state index in [2.05, 4.69) is 0 Å². The van der Waals surface area contributed by atoms with Crippen molar-refractivity contribution in [2.45, 2.75) is 24.8 Å². The van der Waals surface area contributed by atoms with E-state index in [4.69, 9.17) is 14.7 Å². The first-order valence-electron chi connectivity index (χ1n) is 6.25. The first-order valence-corrected chi connectivity index (χ1v) is 7.69. The number of hydrogen-bond donors (Lipinski definition) is 0. The Morgan fingerprint density at radius 2 is 1.95 bits per heavy atom. The lowest BCUT2D eigenvalue weighted by Gasteiger charge is -2.24. The van der Waals surface area contributed by atoms with E-state index in [1.165, 1.54) is 12.1 Å². The summed E-state index contributed by atoms with van der Waals surface area (Å²) in [5, 5.41) is 8.79. The Morgan fingerprint density at radius 1 is 1.30 bits per heavy atom. The van der Waals surface area contributed by atoms with Crippen LogP contribution < -0.4 is 9.47 Å². The fourth-order valence-corrected chi connectivity index (χ4v) is 3.48. The zero-order chi connectivity index (χ0) is 14.8. The van der Waals surface area contributed by atoms with Crippen molar-refractivity contribution in [1.29, 1.82) is 5.26 Å². The molecule has 0 N–H and O–H groups in total. The van der Waals surface area contributed by atoms with Crippen LogP contribution in [0.5, 0.6) is 11.5 Å². The lowest BCUT2D eigenvalue weighted by Crippen LogP contribution is -2.37. The largest absolute Gasteiger partial charge is 0.486 e. The highest BCUT2D eigenvalue weighted by molar-refractivity contribution is 7.89. The van der Waals surface area contributed by atoms with Gasteiger partial charge < -0.3 is 9.47 Å². The Bertz CT molecular complexity index is 634. The molecule has 7 heteroatoms. The Morgan fingerprint density at radius 3 is 2.55 bits per heavy atom. The van der Waals surface area contributed by atoms with E-state index in [-0.39, 0.29) is 17.5 Å². The summed E-state index contributed by atoms with van der Waals surface area (Å²) < 4.78 is 37.0. The zero-order valence-electron chi connectivity index (χ0n) is 11.4. The van der Waals surface area contributed by atoms with Crippen LogP contribution >= 0.6 is 0 Å². The van der Waals surface area contributed by atoms with Crippen LogP contribution in [0.3, 0.4) is 0 Å². The van der Waals surface area contributed by atoms with Crippen molar-refractivity contribution in [1.82, 2.24) is 4.31 Å². The standard InChI is InChI=1S/C13H16N2O4S/c1-10(2)15(6-5-14)20(16,17)11-3-4-12-13(9-11)19-8-7-18-12/h3-4,9-10H,6-8H2,1-2H3. The molecule has 1 aromatic rings. The van der Waals surface area contributed by atoms with Crippen molar-refractivity contribution in [2.24, 2.45) is 0 Å². The molecule has 0 radical (unpaired) electrons. The summed E-state index contributed by atoms with van der Waals surface area (Å²) in [6.45, 7) is 4.11. The third-order valence-corrected chi connectivity index (χ3v) is 4.94. The molecule has 1 heterocycles. The van der Waals surface area contributed by atoms with E-state index >= 15 is 0 Å². The number of sulfonamides is 1. The smallest absolute Gasteiger partial charge is 0.244 e. The summed E-state index contributed by atoms with van der Waals surface area (Å²) in [7, 11) is -3.72. The van der Waals surface area contributed by atoms with Gasteiger partial charge in [0.25, 0.3) is 0 Å². The first kappa shape index (κ1) is 14.6. The summed E-state index contributed by atoms with van der Waals surface area (Å²) in [6.07, 6.45) is 0. The van der Waals surface area contributed by atoms with Crippen LogP contribution in [-0.2, 0) is 10.0 Å². The molecule has 0 saturated carbocycles. The number of fused-ring (bicyclic) bond motifs is 1. The van der Waals surface area contributed by atoms with Gasteiger partial charge in [-0.05, 0) is 26.0 Å². The molecule has 0 saturated heterocycles. The van der Waals surface area contributed by atoms with Gasteiger partial charge in [-0.2, -0.15) is 9.57 Å². The van der Waals surface area contributed by atoms with Crippen LogP contribution in [0.4, 0.5) is 0 Å². The number of ether oxygens (including phenoxy) is 2. The minimum atomic E-state index is -3.72. The molecule has 0 atom stereocenters. The minimum absolute atomic E-state index is 0.103. The van der Waals surface area contributed by atoms with Crippen molar-refractivity contribution in [3.8, 4) is 17.6 Å².